The number of halogens is 1. The lowest BCUT2D eigenvalue weighted by Crippen LogP contribution is -2.16. The van der Waals surface area contributed by atoms with E-state index in [1.54, 1.807) is 0 Å². The van der Waals surface area contributed by atoms with Gasteiger partial charge in [0.15, 0.2) is 11.5 Å². The van der Waals surface area contributed by atoms with Gasteiger partial charge in [0.25, 0.3) is 0 Å². The van der Waals surface area contributed by atoms with Gasteiger partial charge in [-0.3, -0.25) is 0 Å². The van der Waals surface area contributed by atoms with Crippen molar-refractivity contribution in [3.05, 3.63) is 22.2 Å². The molecule has 0 radical (unpaired) electrons. The summed E-state index contributed by atoms with van der Waals surface area (Å²) in [7, 11) is 0. The summed E-state index contributed by atoms with van der Waals surface area (Å²) >= 11 is 3.50. The summed E-state index contributed by atoms with van der Waals surface area (Å²) in [5.74, 6) is 1.62. The van der Waals surface area contributed by atoms with Crippen LogP contribution < -0.4 is 14.8 Å². The highest BCUT2D eigenvalue weighted by Gasteiger charge is 2.17. The number of benzene rings is 1. The molecule has 5 heteroatoms. The highest BCUT2D eigenvalue weighted by Crippen LogP contribution is 2.39. The lowest BCUT2D eigenvalue weighted by atomic mass is 10.2. The van der Waals surface area contributed by atoms with Crippen molar-refractivity contribution in [1.29, 1.82) is 0 Å². The quantitative estimate of drug-likeness (QED) is 0.744. The number of hydrogen-bond donors (Lipinski definition) is 1. The first-order chi connectivity index (χ1) is 9.31. The van der Waals surface area contributed by atoms with E-state index in [4.69, 9.17) is 14.2 Å². The lowest BCUT2D eigenvalue weighted by Gasteiger charge is -2.07. The van der Waals surface area contributed by atoms with Crippen LogP contribution in [-0.4, -0.2) is 26.6 Å². The fraction of sp³-hybridized carbons (Fsp3) is 0.571. The van der Waals surface area contributed by atoms with Gasteiger partial charge in [-0.1, -0.05) is 6.92 Å². The standard InChI is InChI=1S/C14H20BrNO3/c1-2-5-17-6-3-4-16-9-11-7-12(15)14-13(8-11)18-10-19-14/h7-8,16H,2-6,9-10H2,1H3. The smallest absolute Gasteiger partial charge is 0.231 e. The zero-order chi connectivity index (χ0) is 13.5. The van der Waals surface area contributed by atoms with Crippen LogP contribution in [0.5, 0.6) is 11.5 Å². The first-order valence-corrected chi connectivity index (χ1v) is 7.47. The van der Waals surface area contributed by atoms with Gasteiger partial charge in [-0.2, -0.15) is 0 Å². The predicted molar refractivity (Wildman–Crippen MR) is 77.7 cm³/mol. The zero-order valence-electron chi connectivity index (χ0n) is 11.2. The van der Waals surface area contributed by atoms with Crippen molar-refractivity contribution >= 4 is 15.9 Å². The summed E-state index contributed by atoms with van der Waals surface area (Å²) in [6.07, 6.45) is 2.12. The molecule has 0 aliphatic carbocycles. The van der Waals surface area contributed by atoms with Crippen LogP contribution in [0.4, 0.5) is 0 Å². The molecule has 1 heterocycles. The van der Waals surface area contributed by atoms with E-state index in [9.17, 15) is 0 Å². The highest BCUT2D eigenvalue weighted by atomic mass is 79.9. The molecule has 0 unspecified atom stereocenters. The fourth-order valence-electron chi connectivity index (χ4n) is 1.90. The van der Waals surface area contributed by atoms with Gasteiger partial charge in [-0.25, -0.2) is 0 Å². The molecule has 1 aromatic carbocycles. The fourth-order valence-corrected chi connectivity index (χ4v) is 2.51. The number of hydrogen-bond acceptors (Lipinski definition) is 4. The Hall–Kier alpha value is -0.780. The van der Waals surface area contributed by atoms with Crippen LogP contribution in [0.15, 0.2) is 16.6 Å². The molecule has 2 rings (SSSR count). The van der Waals surface area contributed by atoms with Crippen molar-refractivity contribution in [2.24, 2.45) is 0 Å². The van der Waals surface area contributed by atoms with Crippen molar-refractivity contribution in [2.75, 3.05) is 26.6 Å². The lowest BCUT2D eigenvalue weighted by molar-refractivity contribution is 0.132. The number of rotatable bonds is 8. The molecular weight excluding hydrogens is 310 g/mol. The van der Waals surface area contributed by atoms with Crippen LogP contribution in [0.3, 0.4) is 0 Å². The SMILES string of the molecule is CCCOCCCNCc1cc(Br)c2c(c1)OCO2. The maximum Gasteiger partial charge on any atom is 0.231 e. The summed E-state index contributed by atoms with van der Waals surface area (Å²) in [6, 6.07) is 4.09. The van der Waals surface area contributed by atoms with E-state index in [0.29, 0.717) is 6.79 Å². The van der Waals surface area contributed by atoms with Crippen LogP contribution >= 0.6 is 15.9 Å². The second kappa shape index (κ2) is 7.72. The molecule has 0 saturated heterocycles. The molecule has 1 N–H and O–H groups in total. The van der Waals surface area contributed by atoms with E-state index in [-0.39, 0.29) is 0 Å². The predicted octanol–water partition coefficient (Wildman–Crippen LogP) is 3.08. The molecule has 106 valence electrons. The third kappa shape index (κ3) is 4.37. The normalized spacial score (nSPS) is 12.9. The molecule has 0 spiro atoms. The van der Waals surface area contributed by atoms with Crippen LogP contribution in [0.1, 0.15) is 25.3 Å². The minimum absolute atomic E-state index is 0.305. The zero-order valence-corrected chi connectivity index (χ0v) is 12.8. The summed E-state index contributed by atoms with van der Waals surface area (Å²) in [4.78, 5) is 0. The van der Waals surface area contributed by atoms with E-state index in [1.165, 1.54) is 5.56 Å². The van der Waals surface area contributed by atoms with Gasteiger partial charge in [0.1, 0.15) is 0 Å². The Balaban J connectivity index is 1.70. The first kappa shape index (κ1) is 14.6. The molecule has 0 aromatic heterocycles. The minimum Gasteiger partial charge on any atom is -0.454 e. The second-order valence-electron chi connectivity index (χ2n) is 4.45. The van der Waals surface area contributed by atoms with E-state index in [2.05, 4.69) is 34.2 Å². The Bertz CT molecular complexity index is 412. The van der Waals surface area contributed by atoms with Gasteiger partial charge in [-0.15, -0.1) is 0 Å². The van der Waals surface area contributed by atoms with Crippen LogP contribution in [-0.2, 0) is 11.3 Å². The number of nitrogens with one attached hydrogen (secondary N) is 1. The van der Waals surface area contributed by atoms with Crippen molar-refractivity contribution in [1.82, 2.24) is 5.32 Å². The molecule has 0 amide bonds. The van der Waals surface area contributed by atoms with Gasteiger partial charge in [0.2, 0.25) is 6.79 Å². The van der Waals surface area contributed by atoms with Gasteiger partial charge >= 0.3 is 0 Å². The molecule has 19 heavy (non-hydrogen) atoms. The molecule has 0 saturated carbocycles. The summed E-state index contributed by atoms with van der Waals surface area (Å²) in [5, 5.41) is 3.40. The van der Waals surface area contributed by atoms with Crippen LogP contribution in [0.2, 0.25) is 0 Å². The molecule has 0 bridgehead atoms. The average molecular weight is 330 g/mol. The summed E-state index contributed by atoms with van der Waals surface area (Å²) in [5.41, 5.74) is 1.19. The van der Waals surface area contributed by atoms with Gasteiger partial charge in [0.05, 0.1) is 4.47 Å². The Kier molecular flexibility index (Phi) is 5.94. The Labute approximate surface area is 122 Å². The van der Waals surface area contributed by atoms with Gasteiger partial charge in [-0.05, 0) is 53.0 Å². The van der Waals surface area contributed by atoms with Crippen molar-refractivity contribution in [3.8, 4) is 11.5 Å². The van der Waals surface area contributed by atoms with Crippen LogP contribution in [0.25, 0.3) is 0 Å². The second-order valence-corrected chi connectivity index (χ2v) is 5.31. The Morgan fingerprint density at radius 3 is 3.05 bits per heavy atom. The molecule has 0 atom stereocenters. The van der Waals surface area contributed by atoms with E-state index >= 15 is 0 Å². The molecule has 0 fully saturated rings. The van der Waals surface area contributed by atoms with E-state index < -0.39 is 0 Å². The number of fused-ring (bicyclic) bond motifs is 1. The van der Waals surface area contributed by atoms with Gasteiger partial charge in [0, 0.05) is 19.8 Å². The van der Waals surface area contributed by atoms with Crippen molar-refractivity contribution in [2.45, 2.75) is 26.3 Å². The summed E-state index contributed by atoms with van der Waals surface area (Å²) < 4.78 is 17.1. The maximum atomic E-state index is 5.43. The van der Waals surface area contributed by atoms with E-state index in [1.807, 2.05) is 6.07 Å². The van der Waals surface area contributed by atoms with Crippen LogP contribution in [0, 0.1) is 0 Å². The molecule has 4 nitrogen and oxygen atoms in total. The largest absolute Gasteiger partial charge is 0.454 e. The van der Waals surface area contributed by atoms with Crippen molar-refractivity contribution in [3.63, 3.8) is 0 Å². The average Bonchev–Trinajstić information content (AvgIpc) is 2.86. The van der Waals surface area contributed by atoms with E-state index in [0.717, 1.165) is 55.1 Å². The maximum absolute atomic E-state index is 5.43. The Morgan fingerprint density at radius 1 is 1.32 bits per heavy atom. The highest BCUT2D eigenvalue weighted by molar-refractivity contribution is 9.10. The third-order valence-corrected chi connectivity index (χ3v) is 3.40. The molecule has 1 aliphatic heterocycles. The first-order valence-electron chi connectivity index (χ1n) is 6.67. The molecule has 1 aliphatic rings. The summed E-state index contributed by atoms with van der Waals surface area (Å²) in [6.45, 7) is 5.88. The number of ether oxygens (including phenoxy) is 3. The molecular formula is C14H20BrNO3. The van der Waals surface area contributed by atoms with Crippen molar-refractivity contribution < 1.29 is 14.2 Å². The topological polar surface area (TPSA) is 39.7 Å². The minimum atomic E-state index is 0.305. The molecule has 1 aromatic rings. The third-order valence-electron chi connectivity index (χ3n) is 2.81. The monoisotopic (exact) mass is 329 g/mol. The Morgan fingerprint density at radius 2 is 2.21 bits per heavy atom. The van der Waals surface area contributed by atoms with Gasteiger partial charge < -0.3 is 19.5 Å².